The molecule has 0 saturated heterocycles. The van der Waals surface area contributed by atoms with Crippen LogP contribution in [-0.2, 0) is 9.84 Å². The fourth-order valence-electron chi connectivity index (χ4n) is 1.70. The molecular weight excluding hydrogens is 282 g/mol. The van der Waals surface area contributed by atoms with Gasteiger partial charge in [0, 0.05) is 31.6 Å². The molecule has 8 heteroatoms. The number of hydrogen-bond donors (Lipinski definition) is 0. The first-order chi connectivity index (χ1) is 9.24. The number of nitrogens with zero attached hydrogens (tertiary/aromatic N) is 3. The molecule has 0 fully saturated rings. The Bertz CT molecular complexity index is 649. The minimum absolute atomic E-state index is 0.0116. The Kier molecular flexibility index (Phi) is 5.05. The summed E-state index contributed by atoms with van der Waals surface area (Å²) in [5.74, 6) is 0.0788. The van der Waals surface area contributed by atoms with Crippen LogP contribution < -0.4 is 4.90 Å². The van der Waals surface area contributed by atoms with Gasteiger partial charge in [-0.25, -0.2) is 8.42 Å². The summed E-state index contributed by atoms with van der Waals surface area (Å²) in [7, 11) is -1.26. The van der Waals surface area contributed by atoms with Crippen LogP contribution in [0.15, 0.2) is 18.2 Å². The molecule has 0 unspecified atom stereocenters. The minimum Gasteiger partial charge on any atom is -0.375 e. The second-order valence-electron chi connectivity index (χ2n) is 4.48. The molecule has 0 saturated carbocycles. The second-order valence-corrected chi connectivity index (χ2v) is 6.74. The number of hydrogen-bond acceptors (Lipinski definition) is 6. The van der Waals surface area contributed by atoms with Crippen LogP contribution in [-0.4, -0.2) is 38.9 Å². The van der Waals surface area contributed by atoms with Crippen molar-refractivity contribution in [3.63, 3.8) is 0 Å². The second kappa shape index (κ2) is 6.34. The third-order valence-corrected chi connectivity index (χ3v) is 3.78. The average Bonchev–Trinajstić information content (AvgIpc) is 2.36. The summed E-state index contributed by atoms with van der Waals surface area (Å²) in [6.45, 7) is 0.482. The molecule has 0 aliphatic rings. The highest BCUT2D eigenvalue weighted by Crippen LogP contribution is 2.23. The third kappa shape index (κ3) is 4.51. The lowest BCUT2D eigenvalue weighted by Gasteiger charge is -2.19. The molecule has 0 atom stereocenters. The Morgan fingerprint density at radius 3 is 2.60 bits per heavy atom. The first-order valence-corrected chi connectivity index (χ1v) is 7.88. The van der Waals surface area contributed by atoms with Crippen molar-refractivity contribution in [2.24, 2.45) is 0 Å². The van der Waals surface area contributed by atoms with Crippen LogP contribution in [0.4, 0.5) is 11.4 Å². The van der Waals surface area contributed by atoms with Gasteiger partial charge < -0.3 is 4.90 Å². The van der Waals surface area contributed by atoms with Crippen LogP contribution >= 0.6 is 0 Å². The van der Waals surface area contributed by atoms with Gasteiger partial charge in [0.1, 0.15) is 21.5 Å². The number of sulfone groups is 1. The molecule has 1 aromatic rings. The van der Waals surface area contributed by atoms with Crippen molar-refractivity contribution >= 4 is 21.2 Å². The number of nitro benzene ring substituents is 1. The topological polar surface area (TPSA) is 104 Å². The summed E-state index contributed by atoms with van der Waals surface area (Å²) in [5, 5.41) is 19.6. The minimum atomic E-state index is -3.00. The van der Waals surface area contributed by atoms with Crippen LogP contribution in [0.1, 0.15) is 12.0 Å². The van der Waals surface area contributed by atoms with E-state index in [1.807, 2.05) is 0 Å². The Labute approximate surface area is 117 Å². The van der Waals surface area contributed by atoms with Crippen molar-refractivity contribution in [2.45, 2.75) is 6.42 Å². The first kappa shape index (κ1) is 15.9. The molecule has 0 heterocycles. The summed E-state index contributed by atoms with van der Waals surface area (Å²) in [6, 6.07) is 6.04. The first-order valence-electron chi connectivity index (χ1n) is 5.82. The molecule has 0 aliphatic heterocycles. The van der Waals surface area contributed by atoms with Crippen LogP contribution in [0.25, 0.3) is 0 Å². The van der Waals surface area contributed by atoms with Crippen molar-refractivity contribution in [3.8, 4) is 6.07 Å². The number of benzene rings is 1. The highest BCUT2D eigenvalue weighted by molar-refractivity contribution is 7.90. The van der Waals surface area contributed by atoms with Crippen LogP contribution in [0.5, 0.6) is 0 Å². The lowest BCUT2D eigenvalue weighted by atomic mass is 10.1. The van der Waals surface area contributed by atoms with Crippen LogP contribution in [0.3, 0.4) is 0 Å². The maximum Gasteiger partial charge on any atom is 0.287 e. The number of nitriles is 1. The summed E-state index contributed by atoms with van der Waals surface area (Å²) in [5.41, 5.74) is 0.393. The Hall–Kier alpha value is -2.14. The van der Waals surface area contributed by atoms with Gasteiger partial charge in [-0.2, -0.15) is 5.26 Å². The highest BCUT2D eigenvalue weighted by Gasteiger charge is 2.15. The third-order valence-electron chi connectivity index (χ3n) is 2.75. The summed E-state index contributed by atoms with van der Waals surface area (Å²) in [4.78, 5) is 11.9. The van der Waals surface area contributed by atoms with E-state index in [-0.39, 0.29) is 17.0 Å². The van der Waals surface area contributed by atoms with E-state index in [0.717, 1.165) is 0 Å². The van der Waals surface area contributed by atoms with Gasteiger partial charge in [-0.1, -0.05) is 0 Å². The van der Waals surface area contributed by atoms with Crippen molar-refractivity contribution in [1.82, 2.24) is 0 Å². The number of nitro groups is 1. The predicted molar refractivity (Wildman–Crippen MR) is 75.4 cm³/mol. The van der Waals surface area contributed by atoms with Crippen LogP contribution in [0, 0.1) is 21.4 Å². The maximum absolute atomic E-state index is 11.0. The zero-order chi connectivity index (χ0) is 15.3. The van der Waals surface area contributed by atoms with E-state index in [4.69, 9.17) is 5.26 Å². The smallest absolute Gasteiger partial charge is 0.287 e. The van der Waals surface area contributed by atoms with E-state index in [1.54, 1.807) is 24.1 Å². The number of rotatable bonds is 6. The van der Waals surface area contributed by atoms with Crippen molar-refractivity contribution in [3.05, 3.63) is 33.9 Å². The Balaban J connectivity index is 2.82. The van der Waals surface area contributed by atoms with Gasteiger partial charge in [-0.3, -0.25) is 10.1 Å². The number of anilines is 1. The highest BCUT2D eigenvalue weighted by atomic mass is 32.2. The average molecular weight is 297 g/mol. The lowest BCUT2D eigenvalue weighted by molar-refractivity contribution is -0.385. The molecule has 1 aromatic carbocycles. The SMILES string of the molecule is CN(CCCS(C)(=O)=O)c1ccc([N+](=O)[O-])c(C#N)c1. The fraction of sp³-hybridized carbons (Fsp3) is 0.417. The van der Waals surface area contributed by atoms with E-state index >= 15 is 0 Å². The van der Waals surface area contributed by atoms with Crippen molar-refractivity contribution in [1.29, 1.82) is 5.26 Å². The van der Waals surface area contributed by atoms with Gasteiger partial charge in [0.2, 0.25) is 0 Å². The van der Waals surface area contributed by atoms with E-state index < -0.39 is 14.8 Å². The molecule has 0 N–H and O–H groups in total. The van der Waals surface area contributed by atoms with Gasteiger partial charge in [0.25, 0.3) is 5.69 Å². The zero-order valence-corrected chi connectivity index (χ0v) is 12.1. The molecule has 108 valence electrons. The molecule has 0 radical (unpaired) electrons. The Morgan fingerprint density at radius 1 is 1.45 bits per heavy atom. The lowest BCUT2D eigenvalue weighted by Crippen LogP contribution is -2.21. The van der Waals surface area contributed by atoms with Crippen molar-refractivity contribution < 1.29 is 13.3 Å². The molecule has 1 rings (SSSR count). The maximum atomic E-state index is 11.0. The molecule has 0 bridgehead atoms. The van der Waals surface area contributed by atoms with Gasteiger partial charge in [-0.15, -0.1) is 0 Å². The molecule has 0 aliphatic carbocycles. The normalized spacial score (nSPS) is 10.8. The zero-order valence-electron chi connectivity index (χ0n) is 11.2. The molecule has 0 aromatic heterocycles. The molecular formula is C12H15N3O4S. The largest absolute Gasteiger partial charge is 0.375 e. The predicted octanol–water partition coefficient (Wildman–Crippen LogP) is 1.34. The summed E-state index contributed by atoms with van der Waals surface area (Å²) in [6.07, 6.45) is 1.63. The summed E-state index contributed by atoms with van der Waals surface area (Å²) < 4.78 is 22.1. The van der Waals surface area contributed by atoms with Gasteiger partial charge in [0.15, 0.2) is 0 Å². The molecule has 0 spiro atoms. The standard InChI is InChI=1S/C12H15N3O4S/c1-14(6-3-7-20(2,18)19)11-4-5-12(15(16)17)10(8-11)9-13/h4-5,8H,3,6-7H2,1-2H3. The van der Waals surface area contributed by atoms with Gasteiger partial charge in [-0.05, 0) is 18.6 Å². The van der Waals surface area contributed by atoms with E-state index in [2.05, 4.69) is 0 Å². The van der Waals surface area contributed by atoms with E-state index in [9.17, 15) is 18.5 Å². The van der Waals surface area contributed by atoms with Crippen molar-refractivity contribution in [2.75, 3.05) is 30.5 Å². The Morgan fingerprint density at radius 2 is 2.10 bits per heavy atom. The van der Waals surface area contributed by atoms with Gasteiger partial charge in [0.05, 0.1) is 10.7 Å². The molecule has 0 amide bonds. The van der Waals surface area contributed by atoms with E-state index in [0.29, 0.717) is 18.7 Å². The van der Waals surface area contributed by atoms with Gasteiger partial charge >= 0.3 is 0 Å². The molecule has 7 nitrogen and oxygen atoms in total. The van der Waals surface area contributed by atoms with Crippen LogP contribution in [0.2, 0.25) is 0 Å². The molecule has 20 heavy (non-hydrogen) atoms. The fourth-order valence-corrected chi connectivity index (χ4v) is 2.36. The van der Waals surface area contributed by atoms with E-state index in [1.165, 1.54) is 18.4 Å². The quantitative estimate of drug-likeness (QED) is 0.579. The monoisotopic (exact) mass is 297 g/mol. The summed E-state index contributed by atoms with van der Waals surface area (Å²) >= 11 is 0.